The lowest BCUT2D eigenvalue weighted by Crippen LogP contribution is -2.52. The van der Waals surface area contributed by atoms with Crippen molar-refractivity contribution in [1.82, 2.24) is 15.0 Å². The Hall–Kier alpha value is -1.40. The molecule has 0 aromatic carbocycles. The third kappa shape index (κ3) is 3.93. The van der Waals surface area contributed by atoms with Crippen LogP contribution >= 0.6 is 0 Å². The Bertz CT molecular complexity index is 531. The number of rotatable bonds is 5. The van der Waals surface area contributed by atoms with E-state index in [1.54, 1.807) is 7.11 Å². The number of fused-ring (bicyclic) bond motifs is 1. The number of hydrogen-bond donors (Lipinski definition) is 0. The van der Waals surface area contributed by atoms with Crippen molar-refractivity contribution in [2.45, 2.75) is 45.2 Å². The summed E-state index contributed by atoms with van der Waals surface area (Å²) in [5, 5.41) is 4.10. The first-order valence-electron chi connectivity index (χ1n) is 8.60. The Morgan fingerprint density at radius 2 is 2.30 bits per heavy atom. The van der Waals surface area contributed by atoms with Crippen molar-refractivity contribution in [3.05, 3.63) is 17.5 Å². The Labute approximate surface area is 137 Å². The number of aryl methyl sites for hydroxylation is 1. The molecule has 23 heavy (non-hydrogen) atoms. The molecule has 0 spiro atoms. The van der Waals surface area contributed by atoms with E-state index in [1.807, 2.05) is 13.0 Å². The van der Waals surface area contributed by atoms with Crippen LogP contribution in [0.3, 0.4) is 0 Å². The van der Waals surface area contributed by atoms with Crippen LogP contribution in [-0.2, 0) is 16.1 Å². The van der Waals surface area contributed by atoms with E-state index in [1.165, 1.54) is 0 Å². The lowest BCUT2D eigenvalue weighted by molar-refractivity contribution is -0.135. The Morgan fingerprint density at radius 3 is 3.04 bits per heavy atom. The van der Waals surface area contributed by atoms with E-state index in [0.717, 1.165) is 56.9 Å². The van der Waals surface area contributed by atoms with Gasteiger partial charge in [-0.15, -0.1) is 0 Å². The highest BCUT2D eigenvalue weighted by molar-refractivity contribution is 5.76. The van der Waals surface area contributed by atoms with Gasteiger partial charge in [0, 0.05) is 51.8 Å². The summed E-state index contributed by atoms with van der Waals surface area (Å²) < 4.78 is 10.4. The van der Waals surface area contributed by atoms with Crippen LogP contribution in [0.25, 0.3) is 0 Å². The summed E-state index contributed by atoms with van der Waals surface area (Å²) in [5.41, 5.74) is 1.00. The lowest BCUT2D eigenvalue weighted by Gasteiger charge is -2.42. The van der Waals surface area contributed by atoms with Gasteiger partial charge in [-0.25, -0.2) is 0 Å². The smallest absolute Gasteiger partial charge is 0.222 e. The van der Waals surface area contributed by atoms with Gasteiger partial charge >= 0.3 is 0 Å². The number of ether oxygens (including phenoxy) is 1. The molecule has 2 fully saturated rings. The van der Waals surface area contributed by atoms with E-state index in [0.29, 0.717) is 30.9 Å². The van der Waals surface area contributed by atoms with E-state index in [-0.39, 0.29) is 0 Å². The van der Waals surface area contributed by atoms with E-state index in [9.17, 15) is 4.79 Å². The lowest BCUT2D eigenvalue weighted by atomic mass is 9.88. The first-order valence-corrected chi connectivity index (χ1v) is 8.60. The van der Waals surface area contributed by atoms with Gasteiger partial charge in [0.25, 0.3) is 0 Å². The average Bonchev–Trinajstić information content (AvgIpc) is 2.87. The Balaban J connectivity index is 1.64. The molecule has 1 amide bonds. The zero-order chi connectivity index (χ0) is 16.2. The molecule has 0 aliphatic carbocycles. The van der Waals surface area contributed by atoms with E-state index in [4.69, 9.17) is 9.26 Å². The summed E-state index contributed by atoms with van der Waals surface area (Å²) in [5.74, 6) is 1.72. The van der Waals surface area contributed by atoms with Crippen LogP contribution < -0.4 is 0 Å². The highest BCUT2D eigenvalue weighted by Gasteiger charge is 2.37. The number of carbonyl (C=O) groups excluding carboxylic acids is 1. The quantitative estimate of drug-likeness (QED) is 0.828. The second-order valence-corrected chi connectivity index (χ2v) is 6.75. The van der Waals surface area contributed by atoms with E-state index >= 15 is 0 Å². The van der Waals surface area contributed by atoms with Crippen molar-refractivity contribution in [2.75, 3.05) is 33.4 Å². The molecule has 2 saturated heterocycles. The largest absolute Gasteiger partial charge is 0.383 e. The number of likely N-dealkylation sites (tertiary alicyclic amines) is 2. The fourth-order valence-electron chi connectivity index (χ4n) is 3.98. The van der Waals surface area contributed by atoms with Crippen LogP contribution in [-0.4, -0.2) is 60.3 Å². The van der Waals surface area contributed by atoms with Gasteiger partial charge in [0.05, 0.1) is 12.3 Å². The Morgan fingerprint density at radius 1 is 1.43 bits per heavy atom. The van der Waals surface area contributed by atoms with E-state index in [2.05, 4.69) is 15.0 Å². The van der Waals surface area contributed by atoms with Crippen molar-refractivity contribution < 1.29 is 14.1 Å². The molecule has 0 N–H and O–H groups in total. The third-order valence-electron chi connectivity index (χ3n) is 5.06. The van der Waals surface area contributed by atoms with Gasteiger partial charge < -0.3 is 14.2 Å². The van der Waals surface area contributed by atoms with Crippen molar-refractivity contribution in [2.24, 2.45) is 5.92 Å². The van der Waals surface area contributed by atoms with Crippen molar-refractivity contribution in [1.29, 1.82) is 0 Å². The van der Waals surface area contributed by atoms with Crippen molar-refractivity contribution in [3.63, 3.8) is 0 Å². The molecule has 128 valence electrons. The maximum Gasteiger partial charge on any atom is 0.222 e. The molecule has 1 aromatic rings. The standard InChI is InChI=1S/C17H27N3O3/c1-13-10-15(18-23-13)12-19-7-6-16-14(11-19)4-3-5-17(21)20(16)8-9-22-2/h10,14,16H,3-9,11-12H2,1-2H3/t14-,16+/m0/s1. The number of nitrogens with zero attached hydrogens (tertiary/aromatic N) is 3. The maximum atomic E-state index is 12.4. The van der Waals surface area contributed by atoms with Gasteiger partial charge in [0.1, 0.15) is 5.76 Å². The average molecular weight is 321 g/mol. The first kappa shape index (κ1) is 16.5. The number of piperidine rings is 1. The summed E-state index contributed by atoms with van der Waals surface area (Å²) in [6, 6.07) is 2.38. The molecule has 1 aromatic heterocycles. The second kappa shape index (κ2) is 7.45. The van der Waals surface area contributed by atoms with Gasteiger partial charge in [-0.2, -0.15) is 0 Å². The molecule has 2 atom stereocenters. The molecule has 0 unspecified atom stereocenters. The zero-order valence-corrected chi connectivity index (χ0v) is 14.2. The molecule has 2 aliphatic rings. The molecule has 6 nitrogen and oxygen atoms in total. The third-order valence-corrected chi connectivity index (χ3v) is 5.06. The zero-order valence-electron chi connectivity index (χ0n) is 14.2. The van der Waals surface area contributed by atoms with Crippen LogP contribution in [0, 0.1) is 12.8 Å². The van der Waals surface area contributed by atoms with Gasteiger partial charge in [-0.3, -0.25) is 9.69 Å². The minimum Gasteiger partial charge on any atom is -0.383 e. The molecular weight excluding hydrogens is 294 g/mol. The fourth-order valence-corrected chi connectivity index (χ4v) is 3.98. The summed E-state index contributed by atoms with van der Waals surface area (Å²) in [6.45, 7) is 6.15. The van der Waals surface area contributed by atoms with Gasteiger partial charge in [-0.05, 0) is 32.1 Å². The predicted molar refractivity (Wildman–Crippen MR) is 85.9 cm³/mol. The normalized spacial score (nSPS) is 26.2. The molecule has 0 saturated carbocycles. The van der Waals surface area contributed by atoms with Crippen molar-refractivity contribution in [3.8, 4) is 0 Å². The number of carbonyl (C=O) groups is 1. The number of aromatic nitrogens is 1. The fraction of sp³-hybridized carbons (Fsp3) is 0.765. The minimum atomic E-state index is 0.301. The predicted octanol–water partition coefficient (Wildman–Crippen LogP) is 1.83. The topological polar surface area (TPSA) is 58.8 Å². The summed E-state index contributed by atoms with van der Waals surface area (Å²) in [7, 11) is 1.70. The van der Waals surface area contributed by atoms with Crippen LogP contribution in [0.2, 0.25) is 0 Å². The number of methoxy groups -OCH3 is 1. The van der Waals surface area contributed by atoms with Crippen LogP contribution in [0.5, 0.6) is 0 Å². The van der Waals surface area contributed by atoms with Crippen LogP contribution in [0.4, 0.5) is 0 Å². The highest BCUT2D eigenvalue weighted by atomic mass is 16.5. The Kier molecular flexibility index (Phi) is 5.33. The van der Waals surface area contributed by atoms with Crippen LogP contribution in [0.15, 0.2) is 10.6 Å². The monoisotopic (exact) mass is 321 g/mol. The molecule has 0 bridgehead atoms. The molecular formula is C17H27N3O3. The molecule has 2 aliphatic heterocycles. The van der Waals surface area contributed by atoms with Gasteiger partial charge in [-0.1, -0.05) is 5.16 Å². The van der Waals surface area contributed by atoms with Gasteiger partial charge in [0.2, 0.25) is 5.91 Å². The summed E-state index contributed by atoms with van der Waals surface area (Å²) in [6.07, 6.45) is 3.85. The maximum absolute atomic E-state index is 12.4. The highest BCUT2D eigenvalue weighted by Crippen LogP contribution is 2.31. The molecule has 0 radical (unpaired) electrons. The SMILES string of the molecule is COCCN1C(=O)CCC[C@H]2CN(Cc3cc(C)on3)CC[C@H]21. The molecule has 3 heterocycles. The second-order valence-electron chi connectivity index (χ2n) is 6.75. The molecule has 6 heteroatoms. The van der Waals surface area contributed by atoms with Crippen molar-refractivity contribution >= 4 is 5.91 Å². The first-order chi connectivity index (χ1) is 11.2. The van der Waals surface area contributed by atoms with Gasteiger partial charge in [0.15, 0.2) is 0 Å². The van der Waals surface area contributed by atoms with E-state index < -0.39 is 0 Å². The molecule has 3 rings (SSSR count). The van der Waals surface area contributed by atoms with Crippen LogP contribution in [0.1, 0.15) is 37.1 Å². The number of amides is 1. The minimum absolute atomic E-state index is 0.301. The number of hydrogen-bond acceptors (Lipinski definition) is 5. The summed E-state index contributed by atoms with van der Waals surface area (Å²) >= 11 is 0. The summed E-state index contributed by atoms with van der Waals surface area (Å²) in [4.78, 5) is 16.9.